The molecule has 0 saturated carbocycles. The fourth-order valence-corrected chi connectivity index (χ4v) is 3.14. The molecule has 100 valence electrons. The third-order valence-corrected chi connectivity index (χ3v) is 4.21. The van der Waals surface area contributed by atoms with Crippen molar-refractivity contribution in [2.75, 3.05) is 26.2 Å². The maximum atomic E-state index is 12.7. The molecule has 2 rings (SSSR count). The predicted octanol–water partition coefficient (Wildman–Crippen LogP) is 2.26. The number of rotatable bonds is 2. The van der Waals surface area contributed by atoms with Gasteiger partial charge in [0.15, 0.2) is 0 Å². The first-order valence-corrected chi connectivity index (χ1v) is 6.54. The molecule has 3 unspecified atom stereocenters. The highest BCUT2D eigenvalue weighted by molar-refractivity contribution is 4.91. The van der Waals surface area contributed by atoms with Crippen LogP contribution in [0.3, 0.4) is 0 Å². The molecule has 0 spiro atoms. The molecule has 3 atom stereocenters. The smallest absolute Gasteiger partial charge is 0.315 e. The van der Waals surface area contributed by atoms with Gasteiger partial charge in [-0.3, -0.25) is 4.90 Å². The number of nitrogens with zero attached hydrogens (tertiary/aromatic N) is 1. The number of alkyl halides is 3. The quantitative estimate of drug-likeness (QED) is 0.808. The van der Waals surface area contributed by atoms with Crippen molar-refractivity contribution in [3.8, 4) is 0 Å². The van der Waals surface area contributed by atoms with Crippen LogP contribution in [0.2, 0.25) is 0 Å². The number of piperidine rings is 1. The van der Waals surface area contributed by atoms with Crippen molar-refractivity contribution >= 4 is 0 Å². The molecule has 0 aromatic rings. The van der Waals surface area contributed by atoms with Gasteiger partial charge in [-0.1, -0.05) is 13.3 Å². The second-order valence-corrected chi connectivity index (χ2v) is 5.27. The van der Waals surface area contributed by atoms with Gasteiger partial charge in [-0.05, 0) is 31.8 Å². The van der Waals surface area contributed by atoms with E-state index in [2.05, 4.69) is 17.1 Å². The first-order chi connectivity index (χ1) is 8.02. The van der Waals surface area contributed by atoms with Crippen LogP contribution < -0.4 is 5.32 Å². The van der Waals surface area contributed by atoms with Crippen LogP contribution in [0, 0.1) is 11.8 Å². The van der Waals surface area contributed by atoms with Gasteiger partial charge in [0, 0.05) is 19.1 Å². The number of hydrogen-bond donors (Lipinski definition) is 1. The van der Waals surface area contributed by atoms with E-state index in [9.17, 15) is 13.2 Å². The Balaban J connectivity index is 1.97. The summed E-state index contributed by atoms with van der Waals surface area (Å²) in [6.07, 6.45) is -1.99. The van der Waals surface area contributed by atoms with Gasteiger partial charge in [0.2, 0.25) is 0 Å². The molecule has 2 aliphatic heterocycles. The van der Waals surface area contributed by atoms with Crippen molar-refractivity contribution in [3.05, 3.63) is 0 Å². The summed E-state index contributed by atoms with van der Waals surface area (Å²) in [7, 11) is 0. The summed E-state index contributed by atoms with van der Waals surface area (Å²) in [5.74, 6) is -0.601. The topological polar surface area (TPSA) is 15.3 Å². The zero-order valence-corrected chi connectivity index (χ0v) is 10.3. The summed E-state index contributed by atoms with van der Waals surface area (Å²) in [5.41, 5.74) is 0. The Morgan fingerprint density at radius 2 is 2.06 bits per heavy atom. The summed E-state index contributed by atoms with van der Waals surface area (Å²) < 4.78 is 38.2. The van der Waals surface area contributed by atoms with E-state index in [0.717, 1.165) is 26.1 Å². The van der Waals surface area contributed by atoms with E-state index in [1.54, 1.807) is 0 Å². The van der Waals surface area contributed by atoms with Gasteiger partial charge in [0.05, 0.1) is 5.92 Å². The first kappa shape index (κ1) is 13.1. The minimum absolute atomic E-state index is 0.201. The second-order valence-electron chi connectivity index (χ2n) is 5.27. The van der Waals surface area contributed by atoms with Crippen LogP contribution in [0.4, 0.5) is 13.2 Å². The lowest BCUT2D eigenvalue weighted by atomic mass is 9.92. The molecule has 0 aromatic carbocycles. The Kier molecular flexibility index (Phi) is 3.98. The molecule has 0 amide bonds. The maximum absolute atomic E-state index is 12.7. The Hall–Kier alpha value is -0.290. The van der Waals surface area contributed by atoms with Crippen molar-refractivity contribution < 1.29 is 13.2 Å². The fraction of sp³-hybridized carbons (Fsp3) is 1.00. The highest BCUT2D eigenvalue weighted by Crippen LogP contribution is 2.35. The predicted molar refractivity (Wildman–Crippen MR) is 60.8 cm³/mol. The molecular weight excluding hydrogens is 229 g/mol. The highest BCUT2D eigenvalue weighted by atomic mass is 19.4. The van der Waals surface area contributed by atoms with Crippen LogP contribution >= 0.6 is 0 Å². The Labute approximate surface area is 101 Å². The molecule has 2 nitrogen and oxygen atoms in total. The zero-order valence-electron chi connectivity index (χ0n) is 10.3. The highest BCUT2D eigenvalue weighted by Gasteiger charge is 2.44. The first-order valence-electron chi connectivity index (χ1n) is 6.54. The average Bonchev–Trinajstić information content (AvgIpc) is 2.76. The molecule has 17 heavy (non-hydrogen) atoms. The van der Waals surface area contributed by atoms with Crippen LogP contribution in [-0.2, 0) is 0 Å². The molecule has 2 aliphatic rings. The number of nitrogens with one attached hydrogen (secondary N) is 1. The SMILES string of the molecule is CCC1CNCC1N1CCCC(C(F)(F)F)C1. The zero-order chi connectivity index (χ0) is 12.5. The number of halogens is 3. The van der Waals surface area contributed by atoms with Crippen LogP contribution in [0.1, 0.15) is 26.2 Å². The lowest BCUT2D eigenvalue weighted by molar-refractivity contribution is -0.188. The van der Waals surface area contributed by atoms with E-state index in [0.29, 0.717) is 24.8 Å². The van der Waals surface area contributed by atoms with Crippen molar-refractivity contribution in [1.29, 1.82) is 0 Å². The average molecular weight is 250 g/mol. The third-order valence-electron chi connectivity index (χ3n) is 4.21. The summed E-state index contributed by atoms with van der Waals surface area (Å²) >= 11 is 0. The summed E-state index contributed by atoms with van der Waals surface area (Å²) in [6.45, 7) is 4.95. The molecule has 5 heteroatoms. The third kappa shape index (κ3) is 2.94. The molecule has 2 fully saturated rings. The summed E-state index contributed by atoms with van der Waals surface area (Å²) in [6, 6.07) is 0.310. The van der Waals surface area contributed by atoms with E-state index >= 15 is 0 Å². The van der Waals surface area contributed by atoms with Crippen LogP contribution in [0.5, 0.6) is 0 Å². The van der Waals surface area contributed by atoms with Crippen LogP contribution in [-0.4, -0.2) is 43.3 Å². The van der Waals surface area contributed by atoms with Gasteiger partial charge in [-0.15, -0.1) is 0 Å². The van der Waals surface area contributed by atoms with Gasteiger partial charge in [-0.2, -0.15) is 13.2 Å². The Morgan fingerprint density at radius 3 is 2.71 bits per heavy atom. The van der Waals surface area contributed by atoms with E-state index in [-0.39, 0.29) is 6.54 Å². The van der Waals surface area contributed by atoms with Crippen LogP contribution in [0.25, 0.3) is 0 Å². The standard InChI is InChI=1S/C12H21F3N2/c1-2-9-6-16-7-11(9)17-5-3-4-10(8-17)12(13,14)15/h9-11,16H,2-8H2,1H3. The molecule has 0 aromatic heterocycles. The van der Waals surface area contributed by atoms with Gasteiger partial charge in [0.1, 0.15) is 0 Å². The van der Waals surface area contributed by atoms with Crippen molar-refractivity contribution in [2.24, 2.45) is 11.8 Å². The van der Waals surface area contributed by atoms with Crippen LogP contribution in [0.15, 0.2) is 0 Å². The van der Waals surface area contributed by atoms with Gasteiger partial charge < -0.3 is 5.32 Å². The lowest BCUT2D eigenvalue weighted by Crippen LogP contribution is -2.49. The molecule has 0 aliphatic carbocycles. The molecule has 0 bridgehead atoms. The molecule has 1 N–H and O–H groups in total. The molecule has 2 heterocycles. The summed E-state index contributed by atoms with van der Waals surface area (Å²) in [5, 5.41) is 3.30. The molecular formula is C12H21F3N2. The minimum Gasteiger partial charge on any atom is -0.315 e. The maximum Gasteiger partial charge on any atom is 0.393 e. The number of hydrogen-bond acceptors (Lipinski definition) is 2. The van der Waals surface area contributed by atoms with Gasteiger partial charge in [-0.25, -0.2) is 0 Å². The monoisotopic (exact) mass is 250 g/mol. The van der Waals surface area contributed by atoms with E-state index in [1.165, 1.54) is 0 Å². The largest absolute Gasteiger partial charge is 0.393 e. The lowest BCUT2D eigenvalue weighted by Gasteiger charge is -2.39. The normalized spacial score (nSPS) is 36.4. The van der Waals surface area contributed by atoms with Gasteiger partial charge >= 0.3 is 6.18 Å². The number of likely N-dealkylation sites (tertiary alicyclic amines) is 1. The van der Waals surface area contributed by atoms with E-state index < -0.39 is 12.1 Å². The van der Waals surface area contributed by atoms with Crippen molar-refractivity contribution in [2.45, 2.75) is 38.4 Å². The molecule has 2 saturated heterocycles. The second kappa shape index (κ2) is 5.14. The summed E-state index contributed by atoms with van der Waals surface area (Å²) in [4.78, 5) is 2.07. The van der Waals surface area contributed by atoms with E-state index in [4.69, 9.17) is 0 Å². The van der Waals surface area contributed by atoms with Crippen molar-refractivity contribution in [3.63, 3.8) is 0 Å². The van der Waals surface area contributed by atoms with Crippen molar-refractivity contribution in [1.82, 2.24) is 10.2 Å². The Bertz CT molecular complexity index is 255. The van der Waals surface area contributed by atoms with Gasteiger partial charge in [0.25, 0.3) is 0 Å². The molecule has 0 radical (unpaired) electrons. The minimum atomic E-state index is -4.02. The van der Waals surface area contributed by atoms with E-state index in [1.807, 2.05) is 0 Å². The Morgan fingerprint density at radius 1 is 1.29 bits per heavy atom. The fourth-order valence-electron chi connectivity index (χ4n) is 3.14.